The molecule has 25 heavy (non-hydrogen) atoms. The fourth-order valence-electron chi connectivity index (χ4n) is 2.88. The fraction of sp³-hybridized carbons (Fsp3) is 0.412. The zero-order chi connectivity index (χ0) is 18.0. The lowest BCUT2D eigenvalue weighted by Crippen LogP contribution is -2.45. The first-order valence-corrected chi connectivity index (χ1v) is 8.24. The van der Waals surface area contributed by atoms with Gasteiger partial charge in [-0.15, -0.1) is 0 Å². The van der Waals surface area contributed by atoms with Gasteiger partial charge in [-0.2, -0.15) is 9.78 Å². The summed E-state index contributed by atoms with van der Waals surface area (Å²) < 4.78 is 14.9. The number of nitrogens with zero attached hydrogens (tertiary/aromatic N) is 4. The summed E-state index contributed by atoms with van der Waals surface area (Å²) in [6.07, 6.45) is 3.85. The smallest absolute Gasteiger partial charge is 0.337 e. The van der Waals surface area contributed by atoms with E-state index in [1.807, 2.05) is 0 Å². The van der Waals surface area contributed by atoms with Crippen LogP contribution in [0.15, 0.2) is 33.9 Å². The minimum atomic E-state index is -0.724. The molecule has 8 heteroatoms. The first-order chi connectivity index (χ1) is 12.0. The molecule has 0 N–H and O–H groups in total. The highest BCUT2D eigenvalue weighted by Crippen LogP contribution is 2.11. The Kier molecular flexibility index (Phi) is 4.78. The summed E-state index contributed by atoms with van der Waals surface area (Å²) >= 11 is 0. The van der Waals surface area contributed by atoms with E-state index in [0.717, 1.165) is 34.9 Å². The number of benzene rings is 1. The zero-order valence-electron chi connectivity index (χ0n) is 13.9. The van der Waals surface area contributed by atoms with Crippen molar-refractivity contribution in [1.29, 1.82) is 0 Å². The highest BCUT2D eigenvalue weighted by molar-refractivity contribution is 5.91. The molecule has 1 amide bonds. The van der Waals surface area contributed by atoms with Gasteiger partial charge in [0.05, 0.1) is 5.69 Å². The van der Waals surface area contributed by atoms with Crippen LogP contribution in [0.2, 0.25) is 0 Å². The average Bonchev–Trinajstić information content (AvgIpc) is 2.90. The molecule has 1 saturated heterocycles. The van der Waals surface area contributed by atoms with Crippen molar-refractivity contribution in [2.24, 2.45) is 7.05 Å². The van der Waals surface area contributed by atoms with Gasteiger partial charge in [-0.25, -0.2) is 9.18 Å². The first kappa shape index (κ1) is 17.1. The molecule has 0 aliphatic carbocycles. The molecule has 0 radical (unpaired) electrons. The number of aromatic nitrogens is 3. The standard InChI is InChI=1S/C17H19FN4O3/c1-20-15(23)14(16(24)21-10-4-2-3-5-11-21)19-22(17(20)25)13-8-6-12(18)7-9-13/h6-9H,2-5,10-11H2,1H3. The van der Waals surface area contributed by atoms with Crippen LogP contribution in [0.1, 0.15) is 36.2 Å². The van der Waals surface area contributed by atoms with Crippen molar-refractivity contribution in [1.82, 2.24) is 19.2 Å². The molecule has 1 aliphatic rings. The van der Waals surface area contributed by atoms with E-state index in [0.29, 0.717) is 13.1 Å². The minimum absolute atomic E-state index is 0.284. The highest BCUT2D eigenvalue weighted by Gasteiger charge is 2.24. The first-order valence-electron chi connectivity index (χ1n) is 8.24. The van der Waals surface area contributed by atoms with Crippen LogP contribution in [-0.2, 0) is 7.05 Å². The third-order valence-electron chi connectivity index (χ3n) is 4.34. The van der Waals surface area contributed by atoms with Crippen LogP contribution in [0, 0.1) is 5.82 Å². The van der Waals surface area contributed by atoms with E-state index in [1.54, 1.807) is 4.90 Å². The Morgan fingerprint density at radius 1 is 1.04 bits per heavy atom. The van der Waals surface area contributed by atoms with Crippen molar-refractivity contribution in [2.45, 2.75) is 25.7 Å². The summed E-state index contributed by atoms with van der Waals surface area (Å²) in [5.74, 6) is -0.930. The third-order valence-corrected chi connectivity index (χ3v) is 4.34. The second-order valence-electron chi connectivity index (χ2n) is 6.09. The third kappa shape index (κ3) is 3.38. The number of halogens is 1. The second-order valence-corrected chi connectivity index (χ2v) is 6.09. The molecule has 0 saturated carbocycles. The number of hydrogen-bond acceptors (Lipinski definition) is 4. The van der Waals surface area contributed by atoms with Gasteiger partial charge in [-0.3, -0.25) is 14.2 Å². The van der Waals surface area contributed by atoms with E-state index < -0.39 is 23.0 Å². The lowest BCUT2D eigenvalue weighted by Gasteiger charge is -2.20. The molecule has 0 atom stereocenters. The fourth-order valence-corrected chi connectivity index (χ4v) is 2.88. The summed E-state index contributed by atoms with van der Waals surface area (Å²) in [7, 11) is 1.30. The van der Waals surface area contributed by atoms with Gasteiger partial charge in [0.1, 0.15) is 5.82 Å². The molecule has 0 bridgehead atoms. The summed E-state index contributed by atoms with van der Waals surface area (Å²) in [5.41, 5.74) is -1.43. The Labute approximate surface area is 143 Å². The van der Waals surface area contributed by atoms with Crippen LogP contribution in [0.3, 0.4) is 0 Å². The molecule has 0 unspecified atom stereocenters. The molecule has 0 spiro atoms. The Bertz CT molecular complexity index is 894. The normalized spacial score (nSPS) is 15.0. The monoisotopic (exact) mass is 346 g/mol. The van der Waals surface area contributed by atoms with Gasteiger partial charge in [-0.1, -0.05) is 12.8 Å². The van der Waals surface area contributed by atoms with E-state index in [4.69, 9.17) is 0 Å². The lowest BCUT2D eigenvalue weighted by molar-refractivity contribution is 0.0750. The maximum atomic E-state index is 13.1. The predicted octanol–water partition coefficient (Wildman–Crippen LogP) is 1.09. The molecular weight excluding hydrogens is 327 g/mol. The zero-order valence-corrected chi connectivity index (χ0v) is 13.9. The second kappa shape index (κ2) is 7.00. The SMILES string of the molecule is Cn1c(=O)c(C(=O)N2CCCCCC2)nn(-c2ccc(F)cc2)c1=O. The van der Waals surface area contributed by atoms with Crippen molar-refractivity contribution < 1.29 is 9.18 Å². The van der Waals surface area contributed by atoms with Gasteiger partial charge in [0.2, 0.25) is 5.69 Å². The van der Waals surface area contributed by atoms with Crippen LogP contribution < -0.4 is 11.2 Å². The summed E-state index contributed by atoms with van der Waals surface area (Å²) in [4.78, 5) is 39.1. The van der Waals surface area contributed by atoms with Crippen molar-refractivity contribution >= 4 is 5.91 Å². The van der Waals surface area contributed by atoms with Crippen molar-refractivity contribution in [3.63, 3.8) is 0 Å². The topological polar surface area (TPSA) is 77.2 Å². The highest BCUT2D eigenvalue weighted by atomic mass is 19.1. The van der Waals surface area contributed by atoms with Crippen LogP contribution in [0.25, 0.3) is 5.69 Å². The summed E-state index contributed by atoms with van der Waals surface area (Å²) in [6, 6.07) is 5.11. The maximum Gasteiger partial charge on any atom is 0.351 e. The van der Waals surface area contributed by atoms with E-state index in [2.05, 4.69) is 5.10 Å². The van der Waals surface area contributed by atoms with Gasteiger partial charge in [0.15, 0.2) is 0 Å². The average molecular weight is 346 g/mol. The van der Waals surface area contributed by atoms with Gasteiger partial charge < -0.3 is 4.90 Å². The molecule has 3 rings (SSSR count). The molecular formula is C17H19FN4O3. The number of carbonyl (C=O) groups excluding carboxylic acids is 1. The molecule has 2 aromatic rings. The Balaban J connectivity index is 2.07. The molecule has 1 aromatic carbocycles. The van der Waals surface area contributed by atoms with E-state index >= 15 is 0 Å². The van der Waals surface area contributed by atoms with Crippen LogP contribution in [0.4, 0.5) is 4.39 Å². The lowest BCUT2D eigenvalue weighted by atomic mass is 10.2. The Morgan fingerprint density at radius 2 is 1.64 bits per heavy atom. The summed E-state index contributed by atoms with van der Waals surface area (Å²) in [5, 5.41) is 4.00. The summed E-state index contributed by atoms with van der Waals surface area (Å²) in [6.45, 7) is 1.14. The van der Waals surface area contributed by atoms with Gasteiger partial charge in [0, 0.05) is 20.1 Å². The van der Waals surface area contributed by atoms with Gasteiger partial charge in [-0.05, 0) is 37.1 Å². The number of likely N-dealkylation sites (tertiary alicyclic amines) is 1. The van der Waals surface area contributed by atoms with Gasteiger partial charge >= 0.3 is 5.69 Å². The van der Waals surface area contributed by atoms with E-state index in [9.17, 15) is 18.8 Å². The molecule has 1 aromatic heterocycles. The molecule has 132 valence electrons. The Hall–Kier alpha value is -2.77. The van der Waals surface area contributed by atoms with Crippen LogP contribution in [-0.4, -0.2) is 38.2 Å². The predicted molar refractivity (Wildman–Crippen MR) is 89.4 cm³/mol. The number of amides is 1. The number of rotatable bonds is 2. The number of hydrogen-bond donors (Lipinski definition) is 0. The van der Waals surface area contributed by atoms with E-state index in [1.165, 1.54) is 31.3 Å². The number of carbonyl (C=O) groups is 1. The van der Waals surface area contributed by atoms with Crippen molar-refractivity contribution in [3.8, 4) is 5.69 Å². The Morgan fingerprint density at radius 3 is 2.24 bits per heavy atom. The van der Waals surface area contributed by atoms with E-state index in [-0.39, 0.29) is 11.4 Å². The minimum Gasteiger partial charge on any atom is -0.337 e. The molecule has 2 heterocycles. The van der Waals surface area contributed by atoms with Crippen molar-refractivity contribution in [2.75, 3.05) is 13.1 Å². The van der Waals surface area contributed by atoms with Crippen molar-refractivity contribution in [3.05, 3.63) is 56.6 Å². The largest absolute Gasteiger partial charge is 0.351 e. The molecule has 7 nitrogen and oxygen atoms in total. The van der Waals surface area contributed by atoms with Crippen LogP contribution in [0.5, 0.6) is 0 Å². The maximum absolute atomic E-state index is 13.1. The van der Waals surface area contributed by atoms with Gasteiger partial charge in [0.25, 0.3) is 11.5 Å². The van der Waals surface area contributed by atoms with Crippen LogP contribution >= 0.6 is 0 Å². The molecule has 1 fully saturated rings. The quantitative estimate of drug-likeness (QED) is 0.815. The molecule has 1 aliphatic heterocycles.